The van der Waals surface area contributed by atoms with Crippen molar-refractivity contribution in [2.24, 2.45) is 0 Å². The Morgan fingerprint density at radius 1 is 0.853 bits per heavy atom. The number of hydrogen-bond acceptors (Lipinski definition) is 3. The molecule has 6 heteroatoms. The van der Waals surface area contributed by atoms with Crippen LogP contribution in [0.15, 0.2) is 90.0 Å². The lowest BCUT2D eigenvalue weighted by Crippen LogP contribution is -2.27. The van der Waals surface area contributed by atoms with E-state index in [4.69, 9.17) is 0 Å². The molecule has 0 saturated carbocycles. The van der Waals surface area contributed by atoms with Crippen molar-refractivity contribution in [3.05, 3.63) is 102 Å². The second kappa shape index (κ2) is 11.6. The smallest absolute Gasteiger partial charge is 0.251 e. The fourth-order valence-corrected chi connectivity index (χ4v) is 4.71. The van der Waals surface area contributed by atoms with Crippen molar-refractivity contribution >= 4 is 34.5 Å². The van der Waals surface area contributed by atoms with Crippen molar-refractivity contribution in [3.8, 4) is 0 Å². The molecular formula is C28H29N3O2S. The Bertz CT molecular complexity index is 1250. The van der Waals surface area contributed by atoms with E-state index in [0.717, 1.165) is 27.8 Å². The van der Waals surface area contributed by atoms with E-state index < -0.39 is 0 Å². The first-order valence-electron chi connectivity index (χ1n) is 11.5. The molecule has 2 N–H and O–H groups in total. The van der Waals surface area contributed by atoms with Gasteiger partial charge in [0.1, 0.15) is 0 Å². The number of nitrogens with one attached hydrogen (secondary N) is 2. The Hall–Kier alpha value is -3.51. The highest BCUT2D eigenvalue weighted by Crippen LogP contribution is 2.29. The fourth-order valence-electron chi connectivity index (χ4n) is 3.80. The first-order chi connectivity index (χ1) is 16.6. The Morgan fingerprint density at radius 3 is 2.38 bits per heavy atom. The van der Waals surface area contributed by atoms with Crippen LogP contribution in [0.2, 0.25) is 0 Å². The van der Waals surface area contributed by atoms with Gasteiger partial charge in [0.05, 0.1) is 5.75 Å². The lowest BCUT2D eigenvalue weighted by atomic mass is 10.1. The van der Waals surface area contributed by atoms with Gasteiger partial charge in [-0.05, 0) is 37.1 Å². The van der Waals surface area contributed by atoms with Crippen molar-refractivity contribution < 1.29 is 9.59 Å². The number of amides is 2. The molecule has 0 radical (unpaired) electrons. The number of fused-ring (bicyclic) bond motifs is 1. The Kier molecular flexibility index (Phi) is 8.04. The summed E-state index contributed by atoms with van der Waals surface area (Å²) >= 11 is 1.54. The minimum absolute atomic E-state index is 0.0307. The topological polar surface area (TPSA) is 63.1 Å². The molecule has 0 aliphatic heterocycles. The molecule has 5 nitrogen and oxygen atoms in total. The van der Waals surface area contributed by atoms with Crippen LogP contribution in [-0.2, 0) is 17.8 Å². The van der Waals surface area contributed by atoms with E-state index in [1.807, 2.05) is 61.5 Å². The van der Waals surface area contributed by atoms with Gasteiger partial charge < -0.3 is 15.2 Å². The van der Waals surface area contributed by atoms with Crippen LogP contribution >= 0.6 is 11.8 Å². The Morgan fingerprint density at radius 2 is 1.59 bits per heavy atom. The molecule has 4 rings (SSSR count). The van der Waals surface area contributed by atoms with Gasteiger partial charge in [-0.25, -0.2) is 0 Å². The molecule has 0 atom stereocenters. The van der Waals surface area contributed by atoms with Crippen molar-refractivity contribution in [1.29, 1.82) is 0 Å². The van der Waals surface area contributed by atoms with E-state index >= 15 is 0 Å². The van der Waals surface area contributed by atoms with Crippen LogP contribution in [0, 0.1) is 6.92 Å². The van der Waals surface area contributed by atoms with Gasteiger partial charge in [-0.15, -0.1) is 11.8 Å². The lowest BCUT2D eigenvalue weighted by molar-refractivity contribution is -0.118. The first kappa shape index (κ1) is 23.6. The molecule has 3 aromatic carbocycles. The lowest BCUT2D eigenvalue weighted by Gasteiger charge is -2.08. The molecule has 174 valence electrons. The third kappa shape index (κ3) is 6.29. The van der Waals surface area contributed by atoms with Crippen LogP contribution < -0.4 is 10.6 Å². The number of para-hydroxylation sites is 1. The monoisotopic (exact) mass is 471 g/mol. The van der Waals surface area contributed by atoms with Gasteiger partial charge in [0.2, 0.25) is 5.91 Å². The normalized spacial score (nSPS) is 10.9. The van der Waals surface area contributed by atoms with Crippen molar-refractivity contribution in [1.82, 2.24) is 15.2 Å². The molecule has 0 unspecified atom stereocenters. The van der Waals surface area contributed by atoms with E-state index in [1.165, 1.54) is 5.56 Å². The number of carbonyl (C=O) groups excluding carboxylic acids is 2. The van der Waals surface area contributed by atoms with E-state index in [0.29, 0.717) is 31.0 Å². The predicted molar refractivity (Wildman–Crippen MR) is 139 cm³/mol. The molecule has 0 fully saturated rings. The van der Waals surface area contributed by atoms with E-state index in [9.17, 15) is 9.59 Å². The minimum atomic E-state index is -0.0711. The molecule has 2 amide bonds. The van der Waals surface area contributed by atoms with Gasteiger partial charge in [-0.1, -0.05) is 66.2 Å². The zero-order valence-corrected chi connectivity index (χ0v) is 20.1. The van der Waals surface area contributed by atoms with Gasteiger partial charge in [0, 0.05) is 47.2 Å². The largest absolute Gasteiger partial charge is 0.355 e. The summed E-state index contributed by atoms with van der Waals surface area (Å²) in [7, 11) is 0. The van der Waals surface area contributed by atoms with E-state index in [-0.39, 0.29) is 11.8 Å². The maximum absolute atomic E-state index is 12.4. The maximum Gasteiger partial charge on any atom is 0.251 e. The molecule has 0 spiro atoms. The number of nitrogens with zero attached hydrogens (tertiary/aromatic N) is 1. The van der Waals surface area contributed by atoms with Gasteiger partial charge in [-0.3, -0.25) is 9.59 Å². The van der Waals surface area contributed by atoms with Crippen molar-refractivity contribution in [2.75, 3.05) is 18.8 Å². The van der Waals surface area contributed by atoms with Crippen LogP contribution in [-0.4, -0.2) is 35.2 Å². The molecule has 0 aliphatic carbocycles. The standard InChI is InChI=1S/C28H29N3O2S/c1-21-11-13-23(14-12-21)28(33)30-17-18-31-19-26(24-9-5-6-10-25(24)31)34-20-27(32)29-16-15-22-7-3-2-4-8-22/h2-14,19H,15-18,20H2,1H3,(H,29,32)(H,30,33). The summed E-state index contributed by atoms with van der Waals surface area (Å²) in [4.78, 5) is 25.8. The molecule has 0 aliphatic rings. The number of hydrogen-bond donors (Lipinski definition) is 2. The number of aryl methyl sites for hydroxylation is 1. The first-order valence-corrected chi connectivity index (χ1v) is 12.4. The molecule has 1 heterocycles. The number of thioether (sulfide) groups is 1. The summed E-state index contributed by atoms with van der Waals surface area (Å²) in [6.45, 7) is 3.81. The second-order valence-corrected chi connectivity index (χ2v) is 9.22. The second-order valence-electron chi connectivity index (χ2n) is 8.20. The summed E-state index contributed by atoms with van der Waals surface area (Å²) in [5, 5.41) is 7.12. The average Bonchev–Trinajstić information content (AvgIpc) is 3.21. The van der Waals surface area contributed by atoms with Crippen LogP contribution in [0.25, 0.3) is 10.9 Å². The van der Waals surface area contributed by atoms with Crippen LogP contribution in [0.3, 0.4) is 0 Å². The van der Waals surface area contributed by atoms with Crippen LogP contribution in [0.4, 0.5) is 0 Å². The highest BCUT2D eigenvalue weighted by atomic mass is 32.2. The Balaban J connectivity index is 1.30. The molecule has 34 heavy (non-hydrogen) atoms. The molecular weight excluding hydrogens is 442 g/mol. The summed E-state index contributed by atoms with van der Waals surface area (Å²) in [6.07, 6.45) is 2.90. The highest BCUT2D eigenvalue weighted by Gasteiger charge is 2.11. The minimum Gasteiger partial charge on any atom is -0.355 e. The number of benzene rings is 3. The zero-order valence-electron chi connectivity index (χ0n) is 19.3. The summed E-state index contributed by atoms with van der Waals surface area (Å²) < 4.78 is 2.14. The van der Waals surface area contributed by atoms with E-state index in [2.05, 4.69) is 45.7 Å². The fraction of sp³-hybridized carbons (Fsp3) is 0.214. The van der Waals surface area contributed by atoms with Gasteiger partial charge in [0.25, 0.3) is 5.91 Å². The Labute approximate surface area is 204 Å². The van der Waals surface area contributed by atoms with Crippen LogP contribution in [0.5, 0.6) is 0 Å². The molecule has 0 bridgehead atoms. The zero-order chi connectivity index (χ0) is 23.8. The van der Waals surface area contributed by atoms with Gasteiger partial charge >= 0.3 is 0 Å². The van der Waals surface area contributed by atoms with Crippen molar-refractivity contribution in [2.45, 2.75) is 24.8 Å². The van der Waals surface area contributed by atoms with Crippen LogP contribution in [0.1, 0.15) is 21.5 Å². The SMILES string of the molecule is Cc1ccc(C(=O)NCCn2cc(SCC(=O)NCCc3ccccc3)c3ccccc32)cc1. The van der Waals surface area contributed by atoms with E-state index in [1.54, 1.807) is 11.8 Å². The number of aromatic nitrogens is 1. The highest BCUT2D eigenvalue weighted by molar-refractivity contribution is 8.00. The summed E-state index contributed by atoms with van der Waals surface area (Å²) in [5.41, 5.74) is 4.11. The van der Waals surface area contributed by atoms with Gasteiger partial charge in [0.15, 0.2) is 0 Å². The average molecular weight is 472 g/mol. The quantitative estimate of drug-likeness (QED) is 0.326. The molecule has 0 saturated heterocycles. The summed E-state index contributed by atoms with van der Waals surface area (Å²) in [5.74, 6) is 0.328. The predicted octanol–water partition coefficient (Wildman–Crippen LogP) is 4.83. The number of rotatable bonds is 10. The third-order valence-electron chi connectivity index (χ3n) is 5.64. The van der Waals surface area contributed by atoms with Crippen molar-refractivity contribution in [3.63, 3.8) is 0 Å². The van der Waals surface area contributed by atoms with Gasteiger partial charge in [-0.2, -0.15) is 0 Å². The third-order valence-corrected chi connectivity index (χ3v) is 6.68. The molecule has 1 aromatic heterocycles. The maximum atomic E-state index is 12.4. The molecule has 4 aromatic rings. The summed E-state index contributed by atoms with van der Waals surface area (Å²) in [6, 6.07) is 25.9. The number of carbonyl (C=O) groups is 2.